The van der Waals surface area contributed by atoms with E-state index in [1.807, 2.05) is 0 Å². The number of carbonyl (C=O) groups is 1. The molecule has 0 saturated carbocycles. The van der Waals surface area contributed by atoms with Gasteiger partial charge in [0.1, 0.15) is 0 Å². The van der Waals surface area contributed by atoms with Crippen LogP contribution in [0.4, 0.5) is 4.79 Å². The average Bonchev–Trinajstić information content (AvgIpc) is 2.14. The maximum atomic E-state index is 10.2. The van der Waals surface area contributed by atoms with Crippen LogP contribution in [0.25, 0.3) is 0 Å². The molecular weight excluding hydrogens is 184 g/mol. The van der Waals surface area contributed by atoms with Gasteiger partial charge in [-0.1, -0.05) is 0 Å². The number of nitrogens with zero attached hydrogens (tertiary/aromatic N) is 1. The van der Waals surface area contributed by atoms with E-state index in [0.29, 0.717) is 5.69 Å². The largest absolute Gasteiger partial charge is 0.465 e. The zero-order valence-corrected chi connectivity index (χ0v) is 7.82. The number of rotatable bonds is 3. The number of pyridine rings is 1. The van der Waals surface area contributed by atoms with Crippen molar-refractivity contribution in [3.8, 4) is 0 Å². The first-order valence-electron chi connectivity index (χ1n) is 4.16. The number of aryl methyl sites for hydroxylation is 1. The lowest BCUT2D eigenvalue weighted by Gasteiger charge is -2.04. The first-order chi connectivity index (χ1) is 6.61. The summed E-state index contributed by atoms with van der Waals surface area (Å²) in [6.45, 7) is 1.89. The molecule has 1 aromatic heterocycles. The third-order valence-corrected chi connectivity index (χ3v) is 1.67. The smallest absolute Gasteiger partial charge is 0.404 e. The van der Waals surface area contributed by atoms with Crippen molar-refractivity contribution in [1.29, 1.82) is 0 Å². The van der Waals surface area contributed by atoms with Crippen LogP contribution in [-0.4, -0.2) is 21.3 Å². The van der Waals surface area contributed by atoms with Crippen LogP contribution in [0.2, 0.25) is 0 Å². The van der Waals surface area contributed by atoms with Crippen LogP contribution in [-0.2, 0) is 13.2 Å². The lowest BCUT2D eigenvalue weighted by atomic mass is 10.2. The summed E-state index contributed by atoms with van der Waals surface area (Å²) < 4.78 is 0. The SMILES string of the molecule is Cc1cc(CO)cc(CNC(=O)O)n1. The van der Waals surface area contributed by atoms with Crippen molar-refractivity contribution in [3.05, 3.63) is 29.1 Å². The van der Waals surface area contributed by atoms with Gasteiger partial charge in [-0.05, 0) is 24.6 Å². The molecule has 14 heavy (non-hydrogen) atoms. The molecule has 0 aliphatic heterocycles. The minimum absolute atomic E-state index is 0.0660. The van der Waals surface area contributed by atoms with E-state index in [1.165, 1.54) is 0 Å². The molecule has 5 nitrogen and oxygen atoms in total. The topological polar surface area (TPSA) is 82.5 Å². The summed E-state index contributed by atoms with van der Waals surface area (Å²) in [6.07, 6.45) is -1.08. The van der Waals surface area contributed by atoms with Gasteiger partial charge >= 0.3 is 6.09 Å². The van der Waals surface area contributed by atoms with Crippen LogP contribution in [0.5, 0.6) is 0 Å². The molecule has 1 heterocycles. The Balaban J connectivity index is 2.76. The molecule has 0 unspecified atom stereocenters. The van der Waals surface area contributed by atoms with Gasteiger partial charge in [0, 0.05) is 5.69 Å². The maximum Gasteiger partial charge on any atom is 0.404 e. The highest BCUT2D eigenvalue weighted by atomic mass is 16.4. The molecule has 0 saturated heterocycles. The Kier molecular flexibility index (Phi) is 3.41. The second kappa shape index (κ2) is 4.57. The van der Waals surface area contributed by atoms with Crippen molar-refractivity contribution in [2.45, 2.75) is 20.1 Å². The minimum atomic E-state index is -1.08. The number of hydrogen-bond acceptors (Lipinski definition) is 3. The number of amides is 1. The number of aromatic nitrogens is 1. The van der Waals surface area contributed by atoms with Crippen LogP contribution in [0.1, 0.15) is 17.0 Å². The second-order valence-electron chi connectivity index (χ2n) is 2.92. The number of aliphatic hydroxyl groups excluding tert-OH is 1. The summed E-state index contributed by atoms with van der Waals surface area (Å²) in [7, 11) is 0. The average molecular weight is 196 g/mol. The molecule has 0 radical (unpaired) electrons. The van der Waals surface area contributed by atoms with Crippen LogP contribution in [0, 0.1) is 6.92 Å². The van der Waals surface area contributed by atoms with E-state index in [4.69, 9.17) is 10.2 Å². The predicted octanol–water partition coefficient (Wildman–Crippen LogP) is 0.650. The van der Waals surface area contributed by atoms with Crippen molar-refractivity contribution in [1.82, 2.24) is 10.3 Å². The van der Waals surface area contributed by atoms with E-state index in [0.717, 1.165) is 11.3 Å². The Bertz CT molecular complexity index is 339. The monoisotopic (exact) mass is 196 g/mol. The molecule has 5 heteroatoms. The summed E-state index contributed by atoms with van der Waals surface area (Å²) in [5.74, 6) is 0. The molecule has 0 aliphatic carbocycles. The Morgan fingerprint density at radius 2 is 2.29 bits per heavy atom. The van der Waals surface area contributed by atoms with Gasteiger partial charge in [0.15, 0.2) is 0 Å². The standard InChI is InChI=1S/C9H12N2O3/c1-6-2-7(5-12)3-8(11-6)4-10-9(13)14/h2-3,10,12H,4-5H2,1H3,(H,13,14). The highest BCUT2D eigenvalue weighted by Gasteiger charge is 2.01. The Morgan fingerprint density at radius 1 is 1.57 bits per heavy atom. The lowest BCUT2D eigenvalue weighted by molar-refractivity contribution is 0.194. The lowest BCUT2D eigenvalue weighted by Crippen LogP contribution is -2.20. The fourth-order valence-electron chi connectivity index (χ4n) is 1.16. The number of aliphatic hydroxyl groups is 1. The molecule has 76 valence electrons. The second-order valence-corrected chi connectivity index (χ2v) is 2.92. The fourth-order valence-corrected chi connectivity index (χ4v) is 1.16. The maximum absolute atomic E-state index is 10.2. The number of hydrogen-bond donors (Lipinski definition) is 3. The van der Waals surface area contributed by atoms with Gasteiger partial charge in [-0.3, -0.25) is 4.98 Å². The zero-order valence-electron chi connectivity index (χ0n) is 7.82. The third kappa shape index (κ3) is 3.02. The third-order valence-electron chi connectivity index (χ3n) is 1.67. The van der Waals surface area contributed by atoms with E-state index in [-0.39, 0.29) is 13.2 Å². The van der Waals surface area contributed by atoms with Gasteiger partial charge in [-0.25, -0.2) is 4.79 Å². The summed E-state index contributed by atoms with van der Waals surface area (Å²) in [5.41, 5.74) is 2.11. The van der Waals surface area contributed by atoms with E-state index in [9.17, 15) is 4.79 Å². The Morgan fingerprint density at radius 3 is 2.86 bits per heavy atom. The molecule has 0 bridgehead atoms. The first kappa shape index (κ1) is 10.5. The molecular formula is C9H12N2O3. The van der Waals surface area contributed by atoms with Crippen molar-refractivity contribution in [3.63, 3.8) is 0 Å². The molecule has 0 fully saturated rings. The van der Waals surface area contributed by atoms with Gasteiger partial charge in [-0.15, -0.1) is 0 Å². The summed E-state index contributed by atoms with van der Waals surface area (Å²) in [4.78, 5) is 14.3. The Labute approximate surface area is 81.4 Å². The molecule has 3 N–H and O–H groups in total. The van der Waals surface area contributed by atoms with Gasteiger partial charge in [-0.2, -0.15) is 0 Å². The van der Waals surface area contributed by atoms with Crippen molar-refractivity contribution in [2.24, 2.45) is 0 Å². The summed E-state index contributed by atoms with van der Waals surface area (Å²) >= 11 is 0. The fraction of sp³-hybridized carbons (Fsp3) is 0.333. The molecule has 0 atom stereocenters. The molecule has 1 rings (SSSR count). The summed E-state index contributed by atoms with van der Waals surface area (Å²) in [6, 6.07) is 3.42. The molecule has 0 aromatic carbocycles. The zero-order chi connectivity index (χ0) is 10.6. The van der Waals surface area contributed by atoms with Crippen LogP contribution >= 0.6 is 0 Å². The van der Waals surface area contributed by atoms with Gasteiger partial charge in [0.2, 0.25) is 0 Å². The van der Waals surface area contributed by atoms with Crippen LogP contribution < -0.4 is 5.32 Å². The molecule has 0 spiro atoms. The minimum Gasteiger partial charge on any atom is -0.465 e. The van der Waals surface area contributed by atoms with Crippen molar-refractivity contribution in [2.75, 3.05) is 0 Å². The van der Waals surface area contributed by atoms with Gasteiger partial charge in [0.05, 0.1) is 18.8 Å². The van der Waals surface area contributed by atoms with E-state index >= 15 is 0 Å². The normalized spacial score (nSPS) is 9.86. The van der Waals surface area contributed by atoms with E-state index in [2.05, 4.69) is 10.3 Å². The summed E-state index contributed by atoms with van der Waals surface area (Å²) in [5, 5.41) is 19.5. The van der Waals surface area contributed by atoms with Crippen molar-refractivity contribution >= 4 is 6.09 Å². The predicted molar refractivity (Wildman–Crippen MR) is 49.8 cm³/mol. The quantitative estimate of drug-likeness (QED) is 0.662. The number of carboxylic acid groups (broad SMARTS) is 1. The van der Waals surface area contributed by atoms with E-state index < -0.39 is 6.09 Å². The molecule has 1 aromatic rings. The first-order valence-corrected chi connectivity index (χ1v) is 4.16. The highest BCUT2D eigenvalue weighted by molar-refractivity contribution is 5.64. The van der Waals surface area contributed by atoms with Gasteiger partial charge in [0.25, 0.3) is 0 Å². The molecule has 1 amide bonds. The molecule has 0 aliphatic rings. The highest BCUT2D eigenvalue weighted by Crippen LogP contribution is 2.05. The van der Waals surface area contributed by atoms with Crippen molar-refractivity contribution < 1.29 is 15.0 Å². The van der Waals surface area contributed by atoms with Crippen LogP contribution in [0.3, 0.4) is 0 Å². The van der Waals surface area contributed by atoms with Gasteiger partial charge < -0.3 is 15.5 Å². The van der Waals surface area contributed by atoms with Crippen LogP contribution in [0.15, 0.2) is 12.1 Å². The number of nitrogens with one attached hydrogen (secondary N) is 1. The van der Waals surface area contributed by atoms with E-state index in [1.54, 1.807) is 19.1 Å². The Hall–Kier alpha value is -1.62.